The molecule has 0 atom stereocenters. The summed E-state index contributed by atoms with van der Waals surface area (Å²) in [5, 5.41) is 5.56. The summed E-state index contributed by atoms with van der Waals surface area (Å²) in [7, 11) is 2.07. The molecule has 0 saturated heterocycles. The zero-order valence-electron chi connectivity index (χ0n) is 12.6. The van der Waals surface area contributed by atoms with Crippen molar-refractivity contribution >= 4 is 16.6 Å². The van der Waals surface area contributed by atoms with E-state index in [0.29, 0.717) is 13.2 Å². The van der Waals surface area contributed by atoms with E-state index in [2.05, 4.69) is 29.2 Å². The molecule has 5 heteroatoms. The van der Waals surface area contributed by atoms with Crippen LogP contribution >= 0.6 is 0 Å². The van der Waals surface area contributed by atoms with Crippen molar-refractivity contribution in [3.8, 4) is 11.5 Å². The number of anilines is 1. The molecule has 1 aromatic heterocycles. The molecular weight excluding hydrogens is 266 g/mol. The number of fused-ring (bicyclic) bond motifs is 2. The summed E-state index contributed by atoms with van der Waals surface area (Å²) in [5.74, 6) is 2.60. The van der Waals surface area contributed by atoms with Gasteiger partial charge in [0.2, 0.25) is 0 Å². The van der Waals surface area contributed by atoms with Crippen LogP contribution in [-0.4, -0.2) is 44.9 Å². The summed E-state index contributed by atoms with van der Waals surface area (Å²) >= 11 is 0. The van der Waals surface area contributed by atoms with Crippen LogP contribution in [0.2, 0.25) is 0 Å². The molecular formula is C16H21N3O2. The van der Waals surface area contributed by atoms with Gasteiger partial charge in [0.15, 0.2) is 11.5 Å². The van der Waals surface area contributed by atoms with Gasteiger partial charge in [-0.25, -0.2) is 4.98 Å². The molecule has 0 radical (unpaired) electrons. The van der Waals surface area contributed by atoms with Crippen LogP contribution in [-0.2, 0) is 0 Å². The summed E-state index contributed by atoms with van der Waals surface area (Å²) in [6, 6.07) is 6.08. The van der Waals surface area contributed by atoms with E-state index in [4.69, 9.17) is 9.47 Å². The molecule has 1 aliphatic heterocycles. The van der Waals surface area contributed by atoms with Crippen molar-refractivity contribution in [3.05, 3.63) is 24.4 Å². The number of nitrogens with zero attached hydrogens (tertiary/aromatic N) is 2. The Morgan fingerprint density at radius 3 is 2.76 bits per heavy atom. The fraction of sp³-hybridized carbons (Fsp3) is 0.438. The maximum Gasteiger partial charge on any atom is 0.162 e. The van der Waals surface area contributed by atoms with E-state index in [0.717, 1.165) is 47.7 Å². The van der Waals surface area contributed by atoms with E-state index in [9.17, 15) is 0 Å². The fourth-order valence-corrected chi connectivity index (χ4v) is 2.53. The Kier molecular flexibility index (Phi) is 4.10. The Labute approximate surface area is 124 Å². The van der Waals surface area contributed by atoms with Crippen LogP contribution in [0.5, 0.6) is 11.5 Å². The first-order chi connectivity index (χ1) is 10.3. The third-order valence-corrected chi connectivity index (χ3v) is 3.64. The number of likely N-dealkylation sites (N-methyl/N-ethyl adjacent to an activating group) is 2. The summed E-state index contributed by atoms with van der Waals surface area (Å²) < 4.78 is 11.3. The molecule has 0 unspecified atom stereocenters. The van der Waals surface area contributed by atoms with Gasteiger partial charge >= 0.3 is 0 Å². The van der Waals surface area contributed by atoms with Crippen LogP contribution in [0, 0.1) is 0 Å². The molecule has 112 valence electrons. The molecule has 2 aromatic rings. The third-order valence-electron chi connectivity index (χ3n) is 3.64. The average molecular weight is 287 g/mol. The number of benzene rings is 1. The molecule has 0 fully saturated rings. The highest BCUT2D eigenvalue weighted by Gasteiger charge is 2.15. The Balaban J connectivity index is 1.95. The minimum Gasteiger partial charge on any atom is -0.486 e. The lowest BCUT2D eigenvalue weighted by Gasteiger charge is -2.22. The lowest BCUT2D eigenvalue weighted by Crippen LogP contribution is -2.29. The van der Waals surface area contributed by atoms with E-state index in [1.807, 2.05) is 24.4 Å². The maximum atomic E-state index is 5.68. The zero-order valence-corrected chi connectivity index (χ0v) is 12.6. The second kappa shape index (κ2) is 6.18. The highest BCUT2D eigenvalue weighted by Crippen LogP contribution is 2.37. The number of aromatic nitrogens is 1. The summed E-state index contributed by atoms with van der Waals surface area (Å²) in [4.78, 5) is 6.70. The van der Waals surface area contributed by atoms with Gasteiger partial charge in [-0.1, -0.05) is 6.92 Å². The lowest BCUT2D eigenvalue weighted by atomic mass is 10.1. The second-order valence-corrected chi connectivity index (χ2v) is 5.13. The molecule has 2 heterocycles. The van der Waals surface area contributed by atoms with Gasteiger partial charge in [0.1, 0.15) is 19.0 Å². The van der Waals surface area contributed by atoms with Crippen molar-refractivity contribution in [2.24, 2.45) is 0 Å². The van der Waals surface area contributed by atoms with E-state index in [-0.39, 0.29) is 0 Å². The van der Waals surface area contributed by atoms with Crippen LogP contribution in [0.1, 0.15) is 6.92 Å². The number of ether oxygens (including phenoxy) is 2. The highest BCUT2D eigenvalue weighted by molar-refractivity contribution is 5.94. The highest BCUT2D eigenvalue weighted by atomic mass is 16.6. The normalized spacial score (nSPS) is 13.4. The third kappa shape index (κ3) is 2.88. The molecule has 21 heavy (non-hydrogen) atoms. The van der Waals surface area contributed by atoms with Gasteiger partial charge in [0.25, 0.3) is 0 Å². The van der Waals surface area contributed by atoms with Crippen molar-refractivity contribution in [2.45, 2.75) is 6.92 Å². The number of pyridine rings is 1. The van der Waals surface area contributed by atoms with Gasteiger partial charge in [0.05, 0.1) is 0 Å². The predicted molar refractivity (Wildman–Crippen MR) is 84.5 cm³/mol. The van der Waals surface area contributed by atoms with E-state index < -0.39 is 0 Å². The summed E-state index contributed by atoms with van der Waals surface area (Å²) in [6.07, 6.45) is 1.84. The number of hydrogen-bond donors (Lipinski definition) is 1. The molecule has 0 spiro atoms. The van der Waals surface area contributed by atoms with Crippen LogP contribution in [0.4, 0.5) is 5.82 Å². The number of rotatable bonds is 5. The molecule has 0 aliphatic carbocycles. The van der Waals surface area contributed by atoms with Crippen LogP contribution in [0.15, 0.2) is 24.4 Å². The Hall–Kier alpha value is -2.01. The average Bonchev–Trinajstić information content (AvgIpc) is 2.52. The topological polar surface area (TPSA) is 46.6 Å². The van der Waals surface area contributed by atoms with Crippen LogP contribution in [0.25, 0.3) is 10.8 Å². The smallest absolute Gasteiger partial charge is 0.162 e. The molecule has 1 N–H and O–H groups in total. The monoisotopic (exact) mass is 287 g/mol. The molecule has 5 nitrogen and oxygen atoms in total. The first-order valence-corrected chi connectivity index (χ1v) is 7.40. The SMILES string of the molecule is CCNCCN(C)c1nccc2cc3c(cc12)OCCO3. The van der Waals surface area contributed by atoms with E-state index in [1.54, 1.807) is 0 Å². The minimum atomic E-state index is 0.602. The maximum absolute atomic E-state index is 5.68. The fourth-order valence-electron chi connectivity index (χ4n) is 2.53. The van der Waals surface area contributed by atoms with Gasteiger partial charge in [-0.3, -0.25) is 0 Å². The van der Waals surface area contributed by atoms with Gasteiger partial charge < -0.3 is 19.7 Å². The summed E-state index contributed by atoms with van der Waals surface area (Å²) in [5.41, 5.74) is 0. The number of hydrogen-bond acceptors (Lipinski definition) is 5. The van der Waals surface area contributed by atoms with Crippen molar-refractivity contribution in [3.63, 3.8) is 0 Å². The van der Waals surface area contributed by atoms with E-state index >= 15 is 0 Å². The molecule has 1 aromatic carbocycles. The predicted octanol–water partition coefficient (Wildman–Crippen LogP) is 2.05. The molecule has 0 amide bonds. The molecule has 0 bridgehead atoms. The Morgan fingerprint density at radius 1 is 1.24 bits per heavy atom. The quantitative estimate of drug-likeness (QED) is 0.853. The van der Waals surface area contributed by atoms with Gasteiger partial charge in [-0.2, -0.15) is 0 Å². The van der Waals surface area contributed by atoms with E-state index in [1.165, 1.54) is 0 Å². The molecule has 3 rings (SSSR count). The molecule has 1 aliphatic rings. The van der Waals surface area contributed by atoms with Crippen molar-refractivity contribution < 1.29 is 9.47 Å². The van der Waals surface area contributed by atoms with Gasteiger partial charge in [-0.15, -0.1) is 0 Å². The van der Waals surface area contributed by atoms with Crippen molar-refractivity contribution in [1.29, 1.82) is 0 Å². The summed E-state index contributed by atoms with van der Waals surface area (Å²) in [6.45, 7) is 6.16. The largest absolute Gasteiger partial charge is 0.486 e. The first kappa shape index (κ1) is 13.9. The van der Waals surface area contributed by atoms with Gasteiger partial charge in [0, 0.05) is 31.7 Å². The van der Waals surface area contributed by atoms with Crippen molar-refractivity contribution in [2.75, 3.05) is 44.8 Å². The van der Waals surface area contributed by atoms with Crippen LogP contribution < -0.4 is 19.7 Å². The Bertz CT molecular complexity index is 630. The van der Waals surface area contributed by atoms with Crippen LogP contribution in [0.3, 0.4) is 0 Å². The van der Waals surface area contributed by atoms with Crippen molar-refractivity contribution in [1.82, 2.24) is 10.3 Å². The zero-order chi connectivity index (χ0) is 14.7. The van der Waals surface area contributed by atoms with Gasteiger partial charge in [-0.05, 0) is 30.1 Å². The minimum absolute atomic E-state index is 0.602. The molecule has 0 saturated carbocycles. The second-order valence-electron chi connectivity index (χ2n) is 5.13. The Morgan fingerprint density at radius 2 is 2.00 bits per heavy atom. The lowest BCUT2D eigenvalue weighted by molar-refractivity contribution is 0.172. The number of nitrogens with one attached hydrogen (secondary N) is 1. The first-order valence-electron chi connectivity index (χ1n) is 7.40. The standard InChI is InChI=1S/C16H21N3O2/c1-3-17-6-7-19(2)16-13-11-15-14(20-8-9-21-15)10-12(13)4-5-18-16/h4-5,10-11,17H,3,6-9H2,1-2H3.